The lowest BCUT2D eigenvalue weighted by molar-refractivity contribution is 0.555. The van der Waals surface area contributed by atoms with Crippen molar-refractivity contribution in [2.24, 2.45) is 5.84 Å². The topological polar surface area (TPSA) is 63.8 Å². The molecule has 0 radical (unpaired) electrons. The number of hydrogen-bond acceptors (Lipinski definition) is 4. The van der Waals surface area contributed by atoms with Crippen molar-refractivity contribution >= 4 is 10.9 Å². The van der Waals surface area contributed by atoms with Gasteiger partial charge in [0.1, 0.15) is 0 Å². The first-order chi connectivity index (χ1) is 9.88. The normalized spacial score (nSPS) is 12.4. The van der Waals surface area contributed by atoms with Gasteiger partial charge in [0, 0.05) is 24.0 Å². The number of benzene rings is 1. The highest BCUT2D eigenvalue weighted by Crippen LogP contribution is 2.24. The SMILES string of the molecule is NNC(Cc1ccncc1)c1ccnc2ccccc12. The highest BCUT2D eigenvalue weighted by Gasteiger charge is 2.13. The molecule has 1 aromatic carbocycles. The van der Waals surface area contributed by atoms with E-state index in [4.69, 9.17) is 5.84 Å². The van der Waals surface area contributed by atoms with Gasteiger partial charge in [0.05, 0.1) is 11.6 Å². The maximum atomic E-state index is 5.76. The predicted octanol–water partition coefficient (Wildman–Crippen LogP) is 2.38. The van der Waals surface area contributed by atoms with Crippen LogP contribution in [0.1, 0.15) is 17.2 Å². The number of aromatic nitrogens is 2. The van der Waals surface area contributed by atoms with Gasteiger partial charge in [-0.15, -0.1) is 0 Å². The molecule has 3 rings (SSSR count). The Morgan fingerprint density at radius 3 is 2.60 bits per heavy atom. The quantitative estimate of drug-likeness (QED) is 0.561. The number of hydrogen-bond donors (Lipinski definition) is 2. The summed E-state index contributed by atoms with van der Waals surface area (Å²) in [4.78, 5) is 8.43. The Bertz CT molecular complexity index is 692. The van der Waals surface area contributed by atoms with Crippen LogP contribution in [-0.2, 0) is 6.42 Å². The minimum atomic E-state index is 0.0466. The highest BCUT2D eigenvalue weighted by molar-refractivity contribution is 5.82. The molecule has 0 bridgehead atoms. The van der Waals surface area contributed by atoms with Crippen LogP contribution in [-0.4, -0.2) is 9.97 Å². The molecule has 0 saturated heterocycles. The van der Waals surface area contributed by atoms with Crippen LogP contribution in [0.15, 0.2) is 61.1 Å². The fourth-order valence-electron chi connectivity index (χ4n) is 2.44. The maximum absolute atomic E-state index is 5.76. The minimum Gasteiger partial charge on any atom is -0.271 e. The van der Waals surface area contributed by atoms with Gasteiger partial charge < -0.3 is 0 Å². The first kappa shape index (κ1) is 12.7. The molecule has 0 amide bonds. The van der Waals surface area contributed by atoms with E-state index >= 15 is 0 Å². The molecule has 0 saturated carbocycles. The summed E-state index contributed by atoms with van der Waals surface area (Å²) < 4.78 is 0. The average molecular weight is 264 g/mol. The maximum Gasteiger partial charge on any atom is 0.0705 e. The standard InChI is InChI=1S/C16H16N4/c17-20-16(11-12-5-8-18-9-6-12)14-7-10-19-15-4-2-1-3-13(14)15/h1-10,16,20H,11,17H2. The molecule has 3 aromatic rings. The minimum absolute atomic E-state index is 0.0466. The molecular formula is C16H16N4. The summed E-state index contributed by atoms with van der Waals surface area (Å²) in [6, 6.07) is 14.2. The molecule has 3 N–H and O–H groups in total. The van der Waals surface area contributed by atoms with E-state index in [-0.39, 0.29) is 6.04 Å². The Hall–Kier alpha value is -2.30. The van der Waals surface area contributed by atoms with Crippen LogP contribution in [0.25, 0.3) is 10.9 Å². The molecule has 2 heterocycles. The summed E-state index contributed by atoms with van der Waals surface area (Å²) in [7, 11) is 0. The summed E-state index contributed by atoms with van der Waals surface area (Å²) in [6.07, 6.45) is 6.24. The third-order valence-corrected chi connectivity index (χ3v) is 3.45. The molecule has 4 heteroatoms. The zero-order valence-electron chi connectivity index (χ0n) is 11.0. The molecule has 0 aliphatic rings. The second-order valence-electron chi connectivity index (χ2n) is 4.70. The summed E-state index contributed by atoms with van der Waals surface area (Å²) in [6.45, 7) is 0. The fourth-order valence-corrected chi connectivity index (χ4v) is 2.44. The van der Waals surface area contributed by atoms with Crippen molar-refractivity contribution in [2.45, 2.75) is 12.5 Å². The molecule has 4 nitrogen and oxygen atoms in total. The number of pyridine rings is 2. The van der Waals surface area contributed by atoms with Gasteiger partial charge in [0.2, 0.25) is 0 Å². The van der Waals surface area contributed by atoms with Gasteiger partial charge in [0.25, 0.3) is 0 Å². The smallest absolute Gasteiger partial charge is 0.0705 e. The number of para-hydroxylation sites is 1. The Balaban J connectivity index is 1.99. The second kappa shape index (κ2) is 5.77. The predicted molar refractivity (Wildman–Crippen MR) is 79.7 cm³/mol. The van der Waals surface area contributed by atoms with Crippen molar-refractivity contribution in [3.8, 4) is 0 Å². The third-order valence-electron chi connectivity index (χ3n) is 3.45. The summed E-state index contributed by atoms with van der Waals surface area (Å²) >= 11 is 0. The van der Waals surface area contributed by atoms with E-state index in [1.54, 1.807) is 12.4 Å². The van der Waals surface area contributed by atoms with Gasteiger partial charge >= 0.3 is 0 Å². The van der Waals surface area contributed by atoms with Crippen molar-refractivity contribution in [3.05, 3.63) is 72.2 Å². The number of fused-ring (bicyclic) bond motifs is 1. The number of hydrazine groups is 1. The van der Waals surface area contributed by atoms with Crippen molar-refractivity contribution in [1.29, 1.82) is 0 Å². The fraction of sp³-hybridized carbons (Fsp3) is 0.125. The Kier molecular flexibility index (Phi) is 3.67. The third kappa shape index (κ3) is 2.52. The van der Waals surface area contributed by atoms with Crippen LogP contribution < -0.4 is 11.3 Å². The van der Waals surface area contributed by atoms with Crippen molar-refractivity contribution < 1.29 is 0 Å². The molecule has 20 heavy (non-hydrogen) atoms. The molecule has 0 aliphatic carbocycles. The first-order valence-electron chi connectivity index (χ1n) is 6.57. The van der Waals surface area contributed by atoms with Crippen LogP contribution in [0.2, 0.25) is 0 Å². The molecule has 2 aromatic heterocycles. The lowest BCUT2D eigenvalue weighted by Crippen LogP contribution is -2.29. The largest absolute Gasteiger partial charge is 0.271 e. The van der Waals surface area contributed by atoms with Crippen molar-refractivity contribution in [1.82, 2.24) is 15.4 Å². The van der Waals surface area contributed by atoms with Crippen LogP contribution >= 0.6 is 0 Å². The molecule has 1 unspecified atom stereocenters. The molecule has 0 fully saturated rings. The van der Waals surface area contributed by atoms with Gasteiger partial charge in [-0.2, -0.15) is 0 Å². The summed E-state index contributed by atoms with van der Waals surface area (Å²) in [5, 5.41) is 1.13. The van der Waals surface area contributed by atoms with Gasteiger partial charge in [-0.05, 0) is 41.8 Å². The molecule has 1 atom stereocenters. The molecule has 100 valence electrons. The Morgan fingerprint density at radius 2 is 1.80 bits per heavy atom. The zero-order chi connectivity index (χ0) is 13.8. The van der Waals surface area contributed by atoms with E-state index in [0.717, 1.165) is 22.9 Å². The lowest BCUT2D eigenvalue weighted by Gasteiger charge is -2.18. The number of nitrogens with one attached hydrogen (secondary N) is 1. The van der Waals surface area contributed by atoms with Gasteiger partial charge in [-0.25, -0.2) is 0 Å². The highest BCUT2D eigenvalue weighted by atomic mass is 15.2. The van der Waals surface area contributed by atoms with Gasteiger partial charge in [-0.1, -0.05) is 18.2 Å². The van der Waals surface area contributed by atoms with E-state index in [2.05, 4.69) is 21.5 Å². The van der Waals surface area contributed by atoms with E-state index in [9.17, 15) is 0 Å². The van der Waals surface area contributed by atoms with Crippen LogP contribution in [0, 0.1) is 0 Å². The van der Waals surface area contributed by atoms with E-state index < -0.39 is 0 Å². The summed E-state index contributed by atoms with van der Waals surface area (Å²) in [5.74, 6) is 5.76. The molecular weight excluding hydrogens is 248 g/mol. The Labute approximate surface area is 117 Å². The van der Waals surface area contributed by atoms with E-state index in [1.165, 1.54) is 5.56 Å². The zero-order valence-corrected chi connectivity index (χ0v) is 11.0. The average Bonchev–Trinajstić information content (AvgIpc) is 2.53. The summed E-state index contributed by atoms with van der Waals surface area (Å²) in [5.41, 5.74) is 6.26. The first-order valence-corrected chi connectivity index (χ1v) is 6.57. The van der Waals surface area contributed by atoms with Crippen molar-refractivity contribution in [2.75, 3.05) is 0 Å². The number of rotatable bonds is 4. The second-order valence-corrected chi connectivity index (χ2v) is 4.70. The number of nitrogens with two attached hydrogens (primary N) is 1. The monoisotopic (exact) mass is 264 g/mol. The number of nitrogens with zero attached hydrogens (tertiary/aromatic N) is 2. The van der Waals surface area contributed by atoms with Crippen LogP contribution in [0.3, 0.4) is 0 Å². The lowest BCUT2D eigenvalue weighted by atomic mass is 9.97. The van der Waals surface area contributed by atoms with E-state index in [1.807, 2.05) is 42.6 Å². The van der Waals surface area contributed by atoms with E-state index in [0.29, 0.717) is 0 Å². The van der Waals surface area contributed by atoms with Crippen molar-refractivity contribution in [3.63, 3.8) is 0 Å². The van der Waals surface area contributed by atoms with Gasteiger partial charge in [-0.3, -0.25) is 21.2 Å². The van der Waals surface area contributed by atoms with Crippen LogP contribution in [0.5, 0.6) is 0 Å². The molecule has 0 aliphatic heterocycles. The van der Waals surface area contributed by atoms with Crippen LogP contribution in [0.4, 0.5) is 0 Å². The molecule has 0 spiro atoms. The van der Waals surface area contributed by atoms with Gasteiger partial charge in [0.15, 0.2) is 0 Å². The Morgan fingerprint density at radius 1 is 1.00 bits per heavy atom.